The van der Waals surface area contributed by atoms with Crippen molar-refractivity contribution in [1.29, 1.82) is 5.26 Å². The summed E-state index contributed by atoms with van der Waals surface area (Å²) in [7, 11) is 0. The van der Waals surface area contributed by atoms with Crippen molar-refractivity contribution in [3.05, 3.63) is 53.1 Å². The van der Waals surface area contributed by atoms with Crippen LogP contribution in [0.2, 0.25) is 5.02 Å². The summed E-state index contributed by atoms with van der Waals surface area (Å²) in [6, 6.07) is 12.1. The van der Waals surface area contributed by atoms with E-state index in [-0.39, 0.29) is 11.4 Å². The molecule has 3 N–H and O–H groups in total. The summed E-state index contributed by atoms with van der Waals surface area (Å²) in [6.45, 7) is 3.31. The van der Waals surface area contributed by atoms with Crippen LogP contribution in [0.3, 0.4) is 0 Å². The Labute approximate surface area is 177 Å². The Hall–Kier alpha value is -3.12. The van der Waals surface area contributed by atoms with Crippen molar-refractivity contribution < 1.29 is 22.7 Å². The molecule has 1 aliphatic heterocycles. The van der Waals surface area contributed by atoms with Gasteiger partial charge in [0.2, 0.25) is 0 Å². The fourth-order valence-electron chi connectivity index (χ4n) is 2.97. The lowest BCUT2D eigenvalue weighted by Gasteiger charge is -2.23. The zero-order valence-electron chi connectivity index (χ0n) is 16.0. The number of halogens is 4. The molecule has 160 valence electrons. The number of nitrogens with one attached hydrogen (secondary N) is 1. The lowest BCUT2D eigenvalue weighted by Crippen LogP contribution is -2.26. The SMILES string of the molecule is C[C@H]1CCCN1c1ccc(C#N)c(Cl)c1.NC(=O)Nc1ccc(OC(F)(F)F)cc1. The van der Waals surface area contributed by atoms with Gasteiger partial charge in [0.05, 0.1) is 10.6 Å². The summed E-state index contributed by atoms with van der Waals surface area (Å²) < 4.78 is 38.8. The maximum absolute atomic E-state index is 11.7. The molecule has 1 saturated heterocycles. The van der Waals surface area contributed by atoms with Gasteiger partial charge in [0, 0.05) is 24.0 Å². The van der Waals surface area contributed by atoms with E-state index in [4.69, 9.17) is 22.6 Å². The first kappa shape index (κ1) is 23.2. The number of nitriles is 1. The highest BCUT2D eigenvalue weighted by Gasteiger charge is 2.30. The Bertz CT molecular complexity index is 914. The van der Waals surface area contributed by atoms with E-state index in [2.05, 4.69) is 27.9 Å². The van der Waals surface area contributed by atoms with Crippen molar-refractivity contribution in [3.8, 4) is 11.8 Å². The normalized spacial score (nSPS) is 15.6. The Morgan fingerprint density at radius 3 is 2.43 bits per heavy atom. The molecule has 2 amide bonds. The summed E-state index contributed by atoms with van der Waals surface area (Å²) in [4.78, 5) is 12.7. The smallest absolute Gasteiger partial charge is 0.406 e. The van der Waals surface area contributed by atoms with Gasteiger partial charge >= 0.3 is 12.4 Å². The molecule has 0 unspecified atom stereocenters. The Morgan fingerprint density at radius 2 is 1.97 bits per heavy atom. The summed E-state index contributed by atoms with van der Waals surface area (Å²) >= 11 is 6.01. The Kier molecular flexibility index (Phi) is 7.78. The predicted molar refractivity (Wildman–Crippen MR) is 109 cm³/mol. The minimum atomic E-state index is -4.72. The van der Waals surface area contributed by atoms with Crippen LogP contribution in [0.15, 0.2) is 42.5 Å². The van der Waals surface area contributed by atoms with Gasteiger partial charge in [0.15, 0.2) is 0 Å². The van der Waals surface area contributed by atoms with E-state index in [0.29, 0.717) is 16.6 Å². The summed E-state index contributed by atoms with van der Waals surface area (Å²) in [5.74, 6) is -0.363. The molecule has 10 heteroatoms. The van der Waals surface area contributed by atoms with Gasteiger partial charge in [-0.25, -0.2) is 4.79 Å². The second-order valence-corrected chi connectivity index (χ2v) is 6.93. The van der Waals surface area contributed by atoms with Gasteiger partial charge in [-0.05, 0) is 62.2 Å². The van der Waals surface area contributed by atoms with Crippen LogP contribution in [-0.4, -0.2) is 25.0 Å². The lowest BCUT2D eigenvalue weighted by atomic mass is 10.2. The second-order valence-electron chi connectivity index (χ2n) is 6.52. The summed E-state index contributed by atoms with van der Waals surface area (Å²) in [6.07, 6.45) is -2.25. The fraction of sp³-hybridized carbons (Fsp3) is 0.300. The standard InChI is InChI=1S/C12H13ClN2.C8H7F3N2O2/c1-9-3-2-6-15(9)11-5-4-10(8-14)12(13)7-11;9-8(10,11)15-6-3-1-5(2-4-6)13-7(12)14/h4-5,7,9H,2-3,6H2,1H3;1-4H,(H3,12,13,14)/t9-;/m0./s1. The van der Waals surface area contributed by atoms with Crippen LogP contribution >= 0.6 is 11.6 Å². The van der Waals surface area contributed by atoms with E-state index in [1.54, 1.807) is 6.07 Å². The third-order valence-corrected chi connectivity index (χ3v) is 4.63. The molecule has 0 bridgehead atoms. The van der Waals surface area contributed by atoms with Crippen molar-refractivity contribution in [2.45, 2.75) is 32.2 Å². The third-order valence-electron chi connectivity index (χ3n) is 4.31. The van der Waals surface area contributed by atoms with Gasteiger partial charge in [0.25, 0.3) is 0 Å². The van der Waals surface area contributed by atoms with E-state index in [0.717, 1.165) is 24.4 Å². The average Bonchev–Trinajstić information content (AvgIpc) is 3.08. The molecule has 2 aromatic carbocycles. The molecule has 6 nitrogen and oxygen atoms in total. The van der Waals surface area contributed by atoms with Crippen molar-refractivity contribution in [2.75, 3.05) is 16.8 Å². The van der Waals surface area contributed by atoms with Crippen LogP contribution in [0.1, 0.15) is 25.3 Å². The van der Waals surface area contributed by atoms with Crippen molar-refractivity contribution >= 4 is 29.0 Å². The first-order chi connectivity index (χ1) is 14.1. The van der Waals surface area contributed by atoms with E-state index >= 15 is 0 Å². The molecular weight excluding hydrogens is 421 g/mol. The number of carbonyl (C=O) groups is 1. The quantitative estimate of drug-likeness (QED) is 0.679. The molecule has 1 atom stereocenters. The molecule has 2 aromatic rings. The van der Waals surface area contributed by atoms with Crippen LogP contribution in [0.5, 0.6) is 5.75 Å². The number of nitrogens with two attached hydrogens (primary N) is 1. The lowest BCUT2D eigenvalue weighted by molar-refractivity contribution is -0.274. The van der Waals surface area contributed by atoms with Gasteiger partial charge in [-0.2, -0.15) is 5.26 Å². The molecule has 1 heterocycles. The molecule has 0 spiro atoms. The molecule has 30 heavy (non-hydrogen) atoms. The van der Waals surface area contributed by atoms with Crippen LogP contribution in [0.4, 0.5) is 29.3 Å². The Morgan fingerprint density at radius 1 is 1.30 bits per heavy atom. The number of ether oxygens (including phenoxy) is 1. The number of primary amides is 1. The molecule has 1 fully saturated rings. The van der Waals surface area contributed by atoms with Gasteiger partial charge in [-0.15, -0.1) is 13.2 Å². The molecule has 0 saturated carbocycles. The number of benzene rings is 2. The zero-order chi connectivity index (χ0) is 22.3. The average molecular weight is 441 g/mol. The van der Waals surface area contributed by atoms with Crippen molar-refractivity contribution in [1.82, 2.24) is 0 Å². The number of rotatable bonds is 3. The highest BCUT2D eigenvalue weighted by atomic mass is 35.5. The van der Waals surface area contributed by atoms with E-state index < -0.39 is 12.4 Å². The number of urea groups is 1. The molecule has 3 rings (SSSR count). The van der Waals surface area contributed by atoms with Crippen molar-refractivity contribution in [3.63, 3.8) is 0 Å². The van der Waals surface area contributed by atoms with Gasteiger partial charge in [-0.3, -0.25) is 0 Å². The second kappa shape index (κ2) is 10.1. The number of hydrogen-bond acceptors (Lipinski definition) is 4. The van der Waals surface area contributed by atoms with Crippen LogP contribution in [-0.2, 0) is 0 Å². The zero-order valence-corrected chi connectivity index (χ0v) is 16.8. The molecule has 1 aliphatic rings. The minimum absolute atomic E-state index is 0.289. The minimum Gasteiger partial charge on any atom is -0.406 e. The first-order valence-electron chi connectivity index (χ1n) is 8.97. The third kappa shape index (κ3) is 7.04. The highest BCUT2D eigenvalue weighted by Crippen LogP contribution is 2.29. The molecular formula is C20H20ClF3N4O2. The maximum Gasteiger partial charge on any atom is 0.573 e. The van der Waals surface area contributed by atoms with E-state index in [9.17, 15) is 18.0 Å². The van der Waals surface area contributed by atoms with Gasteiger partial charge in [-0.1, -0.05) is 11.6 Å². The number of hydrogen-bond donors (Lipinski definition) is 2. The fourth-order valence-corrected chi connectivity index (χ4v) is 3.19. The van der Waals surface area contributed by atoms with E-state index in [1.807, 2.05) is 12.1 Å². The van der Waals surface area contributed by atoms with Crippen LogP contribution < -0.4 is 20.7 Å². The topological polar surface area (TPSA) is 91.4 Å². The predicted octanol–water partition coefficient (Wildman–Crippen LogP) is 5.28. The Balaban J connectivity index is 0.000000214. The van der Waals surface area contributed by atoms with Crippen LogP contribution in [0.25, 0.3) is 0 Å². The molecule has 0 aliphatic carbocycles. The van der Waals surface area contributed by atoms with Gasteiger partial charge in [0.1, 0.15) is 11.8 Å². The summed E-state index contributed by atoms with van der Waals surface area (Å²) in [5.41, 5.74) is 6.77. The number of carbonyl (C=O) groups excluding carboxylic acids is 1. The summed E-state index contributed by atoms with van der Waals surface area (Å²) in [5, 5.41) is 11.5. The molecule has 0 aromatic heterocycles. The number of anilines is 2. The van der Waals surface area contributed by atoms with Crippen molar-refractivity contribution in [2.24, 2.45) is 5.73 Å². The number of nitrogens with zero attached hydrogens (tertiary/aromatic N) is 2. The monoisotopic (exact) mass is 440 g/mol. The largest absolute Gasteiger partial charge is 0.573 e. The van der Waals surface area contributed by atoms with Crippen LogP contribution in [0, 0.1) is 11.3 Å². The first-order valence-corrected chi connectivity index (χ1v) is 9.35. The van der Waals surface area contributed by atoms with E-state index in [1.165, 1.54) is 25.0 Å². The molecule has 0 radical (unpaired) electrons. The highest BCUT2D eigenvalue weighted by molar-refractivity contribution is 6.32. The maximum atomic E-state index is 11.7. The number of amides is 2. The number of alkyl halides is 3. The van der Waals surface area contributed by atoms with Gasteiger partial charge < -0.3 is 20.7 Å².